The van der Waals surface area contributed by atoms with Gasteiger partial charge in [0.05, 0.1) is 0 Å². The van der Waals surface area contributed by atoms with E-state index in [1.54, 1.807) is 14.2 Å². The Labute approximate surface area is 420 Å². The molecule has 2 heterocycles. The van der Waals surface area contributed by atoms with E-state index in [2.05, 4.69) is 159 Å². The van der Waals surface area contributed by atoms with Crippen molar-refractivity contribution in [2.24, 2.45) is 0 Å². The molecule has 0 atom stereocenters. The van der Waals surface area contributed by atoms with Crippen LogP contribution in [0.5, 0.6) is 0 Å². The van der Waals surface area contributed by atoms with Gasteiger partial charge >= 0.3 is 37.1 Å². The molecule has 6 nitrogen and oxygen atoms in total. The first-order valence-electron chi connectivity index (χ1n) is 24.7. The minimum Gasteiger partial charge on any atom is 0 e. The van der Waals surface area contributed by atoms with Crippen LogP contribution in [-0.2, 0) is 68.9 Å². The summed E-state index contributed by atoms with van der Waals surface area (Å²) in [6.07, 6.45) is 24.8. The molecule has 8 heteroatoms. The van der Waals surface area contributed by atoms with E-state index in [1.165, 1.54) is 94.2 Å². The Bertz CT molecular complexity index is 2100. The summed E-state index contributed by atoms with van der Waals surface area (Å²) in [7, 11) is 3.12. The molecule has 0 aliphatic carbocycles. The standard InChI is InChI=1S/2C28H36N2.2CH3O.Ni.Pd/c2*1-4-7-12-22-14-10-17-24(19-22)27-21-26(16-9-6-3)28(30(27)29)25-18-11-15-23(20-25)13-8-5-2;2*1-2;;/h2*10-11,14-15,17-21H,4-9,12-13,16H2,1-3H3;2*1H3;;/q;;2*-1;+2;. The quantitative estimate of drug-likeness (QED) is 0.0518. The summed E-state index contributed by atoms with van der Waals surface area (Å²) in [6, 6.07) is 34.8. The summed E-state index contributed by atoms with van der Waals surface area (Å²) in [5, 5.41) is 0. The first kappa shape index (κ1) is 56.4. The molecule has 0 spiro atoms. The molecular formula is C58H78N4NiO2Pd. The summed E-state index contributed by atoms with van der Waals surface area (Å²) >= 11 is 0.819. The normalized spacial score (nSPS) is 13.3. The van der Waals surface area contributed by atoms with E-state index in [4.69, 9.17) is 0 Å². The van der Waals surface area contributed by atoms with Gasteiger partial charge in [0.1, 0.15) is 0 Å². The van der Waals surface area contributed by atoms with Crippen molar-refractivity contribution in [3.63, 3.8) is 0 Å². The number of rotatable bonds is 24. The van der Waals surface area contributed by atoms with Gasteiger partial charge in [-0.3, -0.25) is 0 Å². The molecule has 2 aliphatic heterocycles. The Hall–Kier alpha value is -3.88. The van der Waals surface area contributed by atoms with E-state index in [0.717, 1.165) is 124 Å². The van der Waals surface area contributed by atoms with Gasteiger partial charge in [-0.1, -0.05) is 129 Å². The van der Waals surface area contributed by atoms with E-state index in [-0.39, 0.29) is 20.4 Å². The van der Waals surface area contributed by atoms with E-state index in [1.807, 2.05) is 0 Å². The maximum Gasteiger partial charge on any atom is 0 e. The molecule has 2 aliphatic rings. The van der Waals surface area contributed by atoms with Gasteiger partial charge in [-0.05, 0) is 148 Å². The maximum absolute atomic E-state index is 11.3. The van der Waals surface area contributed by atoms with Gasteiger partial charge in [0.25, 0.3) is 0 Å². The number of hydrogen-bond donors (Lipinski definition) is 0. The molecule has 4 aromatic rings. The Morgan fingerprint density at radius 3 is 0.955 bits per heavy atom. The van der Waals surface area contributed by atoms with E-state index in [0.29, 0.717) is 0 Å². The summed E-state index contributed by atoms with van der Waals surface area (Å²) in [5.74, 6) is 0. The van der Waals surface area contributed by atoms with Crippen molar-refractivity contribution in [1.29, 1.82) is 0 Å². The second-order valence-electron chi connectivity index (χ2n) is 17.2. The summed E-state index contributed by atoms with van der Waals surface area (Å²) in [4.78, 5) is 0. The minimum atomic E-state index is 0. The van der Waals surface area contributed by atoms with Crippen LogP contribution in [0.25, 0.3) is 33.9 Å². The Balaban J connectivity index is 0.000000313. The first-order valence-corrected chi connectivity index (χ1v) is 25.5. The van der Waals surface area contributed by atoms with Crippen LogP contribution < -0.4 is 0 Å². The molecule has 0 saturated carbocycles. The van der Waals surface area contributed by atoms with Gasteiger partial charge in [-0.2, -0.15) is 0 Å². The average molecular weight is 1030 g/mol. The van der Waals surface area contributed by atoms with Crippen molar-refractivity contribution in [2.75, 3.05) is 14.2 Å². The van der Waals surface area contributed by atoms with Crippen LogP contribution in [0.1, 0.15) is 176 Å². The zero-order chi connectivity index (χ0) is 46.8. The van der Waals surface area contributed by atoms with Crippen molar-refractivity contribution in [3.05, 3.63) is 176 Å². The molecule has 0 amide bonds. The predicted octanol–water partition coefficient (Wildman–Crippen LogP) is 16.9. The molecule has 0 N–H and O–H groups in total. The Morgan fingerprint density at radius 1 is 0.409 bits per heavy atom. The minimum absolute atomic E-state index is 0. The van der Waals surface area contributed by atoms with Crippen LogP contribution in [0.4, 0.5) is 0 Å². The monoisotopic (exact) mass is 1030 g/mol. The van der Waals surface area contributed by atoms with Gasteiger partial charge in [0.2, 0.25) is 22.8 Å². The molecule has 4 aromatic carbocycles. The maximum atomic E-state index is 11.3. The third-order valence-corrected chi connectivity index (χ3v) is 12.3. The molecule has 0 saturated heterocycles. The molecule has 66 heavy (non-hydrogen) atoms. The third-order valence-electron chi connectivity index (χ3n) is 11.9. The van der Waals surface area contributed by atoms with Gasteiger partial charge in [-0.25, -0.2) is 9.39 Å². The molecule has 0 aromatic heterocycles. The molecule has 0 bridgehead atoms. The SMILES string of the molecule is CCCCC1=C(c2cccc(CCCC)c2)[N+](=[N-])C(c2cccc(CCCC)c2)=C1.CCCCC1=C(c2cccc(CCCC)c2)[N+](=[N-])C(c2cccc(CCCC)c2)=C1.C[O][Ni][O]C.[Pd]. The molecule has 6 rings (SSSR count). The van der Waals surface area contributed by atoms with Crippen LogP contribution >= 0.6 is 0 Å². The van der Waals surface area contributed by atoms with Gasteiger partial charge < -0.3 is 11.1 Å². The van der Waals surface area contributed by atoms with E-state index < -0.39 is 0 Å². The molecule has 0 radical (unpaired) electrons. The number of hydrogen-bond acceptors (Lipinski definition) is 2. The van der Waals surface area contributed by atoms with Gasteiger partial charge in [0, 0.05) is 66.0 Å². The fraction of sp³-hybridized carbons (Fsp3) is 0.448. The average Bonchev–Trinajstić information content (AvgIpc) is 3.85. The Morgan fingerprint density at radius 2 is 0.682 bits per heavy atom. The predicted molar refractivity (Wildman–Crippen MR) is 270 cm³/mol. The van der Waals surface area contributed by atoms with E-state index in [9.17, 15) is 11.1 Å². The second kappa shape index (κ2) is 32.0. The van der Waals surface area contributed by atoms with Crippen LogP contribution in [0, 0.1) is 0 Å². The Kier molecular flexibility index (Phi) is 27.3. The zero-order valence-electron chi connectivity index (χ0n) is 41.4. The fourth-order valence-corrected chi connectivity index (χ4v) is 8.51. The number of allylic oxidation sites excluding steroid dienone is 4. The first-order chi connectivity index (χ1) is 31.8. The van der Waals surface area contributed by atoms with Gasteiger partial charge in [-0.15, -0.1) is 0 Å². The fourth-order valence-electron chi connectivity index (χ4n) is 8.34. The topological polar surface area (TPSA) is 69.1 Å². The van der Waals surface area contributed by atoms with Crippen LogP contribution in [0.15, 0.2) is 120 Å². The molecule has 362 valence electrons. The number of nitrogens with zero attached hydrogens (tertiary/aromatic N) is 4. The molecule has 0 fully saturated rings. The number of benzene rings is 4. The van der Waals surface area contributed by atoms with E-state index >= 15 is 0 Å². The van der Waals surface area contributed by atoms with Crippen molar-refractivity contribution in [2.45, 2.75) is 157 Å². The largest absolute Gasteiger partial charge is 0 e. The van der Waals surface area contributed by atoms with Crippen LogP contribution in [0.2, 0.25) is 0 Å². The van der Waals surface area contributed by atoms with Crippen molar-refractivity contribution in [3.8, 4) is 0 Å². The van der Waals surface area contributed by atoms with Crippen LogP contribution in [0.3, 0.4) is 0 Å². The van der Waals surface area contributed by atoms with Crippen LogP contribution in [-0.4, -0.2) is 23.6 Å². The zero-order valence-corrected chi connectivity index (χ0v) is 43.9. The summed E-state index contributed by atoms with van der Waals surface area (Å²) < 4.78 is 11.7. The number of unbranched alkanes of at least 4 members (excludes halogenated alkanes) is 6. The van der Waals surface area contributed by atoms with Gasteiger partial charge in [0.15, 0.2) is 0 Å². The number of aryl methyl sites for hydroxylation is 4. The summed E-state index contributed by atoms with van der Waals surface area (Å²) in [5.41, 5.74) is 38.5. The second-order valence-corrected chi connectivity index (χ2v) is 18.1. The smallest absolute Gasteiger partial charge is 0 e. The molecule has 0 unspecified atom stereocenters. The third kappa shape index (κ3) is 17.3. The summed E-state index contributed by atoms with van der Waals surface area (Å²) in [6.45, 7) is 13.4. The van der Waals surface area contributed by atoms with Crippen molar-refractivity contribution < 1.29 is 52.7 Å². The molecular weight excluding hydrogens is 950 g/mol. The van der Waals surface area contributed by atoms with Crippen molar-refractivity contribution >= 4 is 22.8 Å². The van der Waals surface area contributed by atoms with Crippen molar-refractivity contribution in [1.82, 2.24) is 0 Å².